The number of aliphatic hydroxyl groups excluding tert-OH is 1. The zero-order valence-electron chi connectivity index (χ0n) is 53.7. The van der Waals surface area contributed by atoms with Crippen molar-refractivity contribution in [1.29, 1.82) is 0 Å². The van der Waals surface area contributed by atoms with Gasteiger partial charge in [0, 0.05) is 25.7 Å². The first-order valence-electron chi connectivity index (χ1n) is 33.3. The highest BCUT2D eigenvalue weighted by Crippen LogP contribution is 2.45. The SMILES string of the molecule is CCCCCC/C=C\C=C/CCCCCCCC(=O)O[C@H](COC(=O)CCCCCCCCCCCC(C)C)COP(=O)(O)OC[C@@H](O)COP(=O)(O)OC[C@@H](COC(=O)CCCCCCC)OC(=O)CCCCCCCCCCC(C)CC. The molecule has 0 aromatic heterocycles. The van der Waals surface area contributed by atoms with Crippen molar-refractivity contribution >= 4 is 39.5 Å². The average Bonchev–Trinajstić information content (AvgIpc) is 3.55. The standard InChI is InChI=1S/C65H122O17P2/c1-7-10-12-14-15-16-17-18-19-20-21-24-31-37-43-49-64(69)82-61(54-76-63(68)48-42-36-30-25-22-23-28-34-39-45-57(4)5)56-80-84(73,74)78-52-59(66)51-77-83(71,72)79-55-60(53-75-62(67)47-41-33-13-11-8-2)81-65(70)50-44-38-32-27-26-29-35-40-46-58(6)9-3/h16-19,57-61,66H,7-15,20-56H2,1-6H3,(H,71,72)(H,73,74)/b17-16-,19-18-/t58?,59-,60+,61+/m0/s1. The number of phosphoric acid groups is 2. The monoisotopic (exact) mass is 1240 g/mol. The first-order chi connectivity index (χ1) is 40.4. The minimum atomic E-state index is -4.95. The van der Waals surface area contributed by atoms with Gasteiger partial charge in [0.25, 0.3) is 0 Å². The lowest BCUT2D eigenvalue weighted by Gasteiger charge is -2.21. The van der Waals surface area contributed by atoms with E-state index >= 15 is 0 Å². The summed E-state index contributed by atoms with van der Waals surface area (Å²) in [5, 5.41) is 10.5. The molecule has 0 radical (unpaired) electrons. The van der Waals surface area contributed by atoms with Crippen molar-refractivity contribution < 1.29 is 80.2 Å². The third-order valence-electron chi connectivity index (χ3n) is 14.7. The van der Waals surface area contributed by atoms with E-state index in [0.717, 1.165) is 121 Å². The molecular formula is C65H122O17P2. The predicted molar refractivity (Wildman–Crippen MR) is 335 cm³/mol. The number of carbonyl (C=O) groups excluding carboxylic acids is 4. The van der Waals surface area contributed by atoms with Gasteiger partial charge in [0.1, 0.15) is 19.3 Å². The second-order valence-electron chi connectivity index (χ2n) is 23.5. The molecule has 0 fully saturated rings. The highest BCUT2D eigenvalue weighted by Gasteiger charge is 2.30. The van der Waals surface area contributed by atoms with Gasteiger partial charge in [0.15, 0.2) is 12.2 Å². The summed E-state index contributed by atoms with van der Waals surface area (Å²) in [4.78, 5) is 72.0. The molecule has 0 heterocycles. The Balaban J connectivity index is 5.23. The number of allylic oxidation sites excluding steroid dienone is 4. The van der Waals surface area contributed by atoms with Crippen LogP contribution in [0.25, 0.3) is 0 Å². The zero-order chi connectivity index (χ0) is 62.2. The molecule has 17 nitrogen and oxygen atoms in total. The van der Waals surface area contributed by atoms with Crippen molar-refractivity contribution in [2.24, 2.45) is 11.8 Å². The number of aliphatic hydroxyl groups is 1. The van der Waals surface area contributed by atoms with Gasteiger partial charge in [-0.15, -0.1) is 0 Å². The summed E-state index contributed by atoms with van der Waals surface area (Å²) in [5.74, 6) is -0.666. The normalized spacial score (nSPS) is 14.8. The van der Waals surface area contributed by atoms with E-state index in [1.807, 2.05) is 0 Å². The Morgan fingerprint density at radius 2 is 0.702 bits per heavy atom. The Bertz CT molecular complexity index is 1740. The maximum atomic E-state index is 13.0. The summed E-state index contributed by atoms with van der Waals surface area (Å²) < 4.78 is 67.8. The Hall–Kier alpha value is -2.46. The largest absolute Gasteiger partial charge is 0.472 e. The van der Waals surface area contributed by atoms with E-state index in [1.54, 1.807) is 0 Å². The molecule has 0 bridgehead atoms. The highest BCUT2D eigenvalue weighted by atomic mass is 31.2. The van der Waals surface area contributed by atoms with Gasteiger partial charge in [-0.3, -0.25) is 37.3 Å². The molecule has 19 heteroatoms. The van der Waals surface area contributed by atoms with E-state index in [1.165, 1.54) is 96.3 Å². The van der Waals surface area contributed by atoms with E-state index < -0.39 is 97.5 Å². The van der Waals surface area contributed by atoms with E-state index in [-0.39, 0.29) is 25.7 Å². The number of rotatable bonds is 62. The fraction of sp³-hybridized carbons (Fsp3) is 0.877. The number of ether oxygens (including phenoxy) is 4. The minimum absolute atomic E-state index is 0.0842. The molecule has 0 rings (SSSR count). The van der Waals surface area contributed by atoms with Crippen LogP contribution in [0.3, 0.4) is 0 Å². The van der Waals surface area contributed by atoms with Crippen LogP contribution < -0.4 is 0 Å². The van der Waals surface area contributed by atoms with Gasteiger partial charge in [-0.25, -0.2) is 9.13 Å². The fourth-order valence-electron chi connectivity index (χ4n) is 9.14. The topological polar surface area (TPSA) is 237 Å². The van der Waals surface area contributed by atoms with E-state index in [9.17, 15) is 43.2 Å². The molecule has 0 aliphatic rings. The van der Waals surface area contributed by atoms with Crippen LogP contribution in [0.15, 0.2) is 24.3 Å². The lowest BCUT2D eigenvalue weighted by atomic mass is 9.99. The van der Waals surface area contributed by atoms with Crippen molar-refractivity contribution in [1.82, 2.24) is 0 Å². The Labute approximate surface area is 510 Å². The molecule has 6 atom stereocenters. The summed E-state index contributed by atoms with van der Waals surface area (Å²) in [6, 6.07) is 0. The first-order valence-corrected chi connectivity index (χ1v) is 36.3. The van der Waals surface area contributed by atoms with Crippen molar-refractivity contribution in [2.45, 2.75) is 317 Å². The van der Waals surface area contributed by atoms with Gasteiger partial charge >= 0.3 is 39.5 Å². The summed E-state index contributed by atoms with van der Waals surface area (Å²) in [6.45, 7) is 9.32. The quantitative estimate of drug-likeness (QED) is 0.0169. The first kappa shape index (κ1) is 81.5. The molecule has 0 aliphatic carbocycles. The molecule has 0 aromatic rings. The van der Waals surface area contributed by atoms with E-state index in [4.69, 9.17) is 37.0 Å². The number of hydrogen-bond donors (Lipinski definition) is 3. The molecule has 494 valence electrons. The van der Waals surface area contributed by atoms with Gasteiger partial charge in [-0.2, -0.15) is 0 Å². The van der Waals surface area contributed by atoms with Crippen LogP contribution >= 0.6 is 15.6 Å². The number of esters is 4. The Morgan fingerprint density at radius 1 is 0.393 bits per heavy atom. The Kier molecular flexibility index (Phi) is 55.3. The second-order valence-corrected chi connectivity index (χ2v) is 26.4. The second kappa shape index (κ2) is 57.0. The molecule has 0 aromatic carbocycles. The van der Waals surface area contributed by atoms with Crippen molar-refractivity contribution in [3.8, 4) is 0 Å². The van der Waals surface area contributed by atoms with Crippen molar-refractivity contribution in [2.75, 3.05) is 39.6 Å². The van der Waals surface area contributed by atoms with Crippen LogP contribution in [0, 0.1) is 11.8 Å². The third kappa shape index (κ3) is 57.3. The van der Waals surface area contributed by atoms with Gasteiger partial charge < -0.3 is 33.8 Å². The predicted octanol–water partition coefficient (Wildman–Crippen LogP) is 17.6. The van der Waals surface area contributed by atoms with Crippen LogP contribution in [-0.2, 0) is 65.4 Å². The molecular weight excluding hydrogens is 1110 g/mol. The van der Waals surface area contributed by atoms with Crippen LogP contribution in [0.1, 0.15) is 298 Å². The number of carbonyl (C=O) groups is 4. The summed E-state index contributed by atoms with van der Waals surface area (Å²) in [6.07, 6.45) is 42.8. The summed E-state index contributed by atoms with van der Waals surface area (Å²) in [7, 11) is -9.89. The summed E-state index contributed by atoms with van der Waals surface area (Å²) >= 11 is 0. The van der Waals surface area contributed by atoms with Crippen LogP contribution in [0.4, 0.5) is 0 Å². The van der Waals surface area contributed by atoms with Gasteiger partial charge in [-0.05, 0) is 63.2 Å². The van der Waals surface area contributed by atoms with Crippen molar-refractivity contribution in [3.63, 3.8) is 0 Å². The maximum absolute atomic E-state index is 13.0. The molecule has 0 spiro atoms. The average molecular weight is 1240 g/mol. The van der Waals surface area contributed by atoms with Gasteiger partial charge in [0.05, 0.1) is 26.4 Å². The molecule has 3 N–H and O–H groups in total. The molecule has 0 amide bonds. The molecule has 3 unspecified atom stereocenters. The van der Waals surface area contributed by atoms with E-state index in [0.29, 0.717) is 25.7 Å². The maximum Gasteiger partial charge on any atom is 0.472 e. The number of unbranched alkanes of at least 4 members (excludes halogenated alkanes) is 28. The van der Waals surface area contributed by atoms with Gasteiger partial charge in [0.2, 0.25) is 0 Å². The number of hydrogen-bond acceptors (Lipinski definition) is 15. The Morgan fingerprint density at radius 3 is 1.07 bits per heavy atom. The van der Waals surface area contributed by atoms with Crippen LogP contribution in [-0.4, -0.2) is 96.7 Å². The lowest BCUT2D eigenvalue weighted by molar-refractivity contribution is -0.161. The fourth-order valence-corrected chi connectivity index (χ4v) is 10.7. The zero-order valence-corrected chi connectivity index (χ0v) is 55.5. The molecule has 0 saturated carbocycles. The van der Waals surface area contributed by atoms with Crippen molar-refractivity contribution in [3.05, 3.63) is 24.3 Å². The lowest BCUT2D eigenvalue weighted by Crippen LogP contribution is -2.30. The summed E-state index contributed by atoms with van der Waals surface area (Å²) in [5.41, 5.74) is 0. The minimum Gasteiger partial charge on any atom is -0.462 e. The molecule has 84 heavy (non-hydrogen) atoms. The molecule has 0 saturated heterocycles. The van der Waals surface area contributed by atoms with Crippen LogP contribution in [0.2, 0.25) is 0 Å². The smallest absolute Gasteiger partial charge is 0.462 e. The molecule has 0 aliphatic heterocycles. The van der Waals surface area contributed by atoms with Crippen LogP contribution in [0.5, 0.6) is 0 Å². The number of phosphoric ester groups is 2. The highest BCUT2D eigenvalue weighted by molar-refractivity contribution is 7.47. The van der Waals surface area contributed by atoms with E-state index in [2.05, 4.69) is 65.8 Å². The van der Waals surface area contributed by atoms with Gasteiger partial charge in [-0.1, -0.05) is 246 Å². The third-order valence-corrected chi connectivity index (χ3v) is 16.6.